The minimum Gasteiger partial charge on any atom is -0.304 e. The summed E-state index contributed by atoms with van der Waals surface area (Å²) in [6.45, 7) is 4.57. The first kappa shape index (κ1) is 21.7. The zero-order chi connectivity index (χ0) is 23.2. The average molecular weight is 461 g/mol. The fraction of sp³-hybridized carbons (Fsp3) is 0.259. The van der Waals surface area contributed by atoms with Crippen LogP contribution in [0.1, 0.15) is 42.9 Å². The van der Waals surface area contributed by atoms with Crippen molar-refractivity contribution in [1.29, 1.82) is 0 Å². The topological polar surface area (TPSA) is 40.6 Å². The molecule has 1 atom stereocenters. The van der Waals surface area contributed by atoms with Crippen molar-refractivity contribution in [3.63, 3.8) is 0 Å². The SMILES string of the molecule is CC(C)c1ccc(N2C(=O)CCS[C@]23C(=O)N(Cc2ccc(F)cc2)c2ccccc23)cc1. The van der Waals surface area contributed by atoms with Crippen LogP contribution in [0, 0.1) is 5.82 Å². The number of halogens is 1. The summed E-state index contributed by atoms with van der Waals surface area (Å²) in [5.74, 6) is 0.438. The number of carbonyl (C=O) groups excluding carboxylic acids is 2. The summed E-state index contributed by atoms with van der Waals surface area (Å²) >= 11 is 1.51. The molecule has 6 heteroatoms. The van der Waals surface area contributed by atoms with E-state index < -0.39 is 4.87 Å². The average Bonchev–Trinajstić information content (AvgIpc) is 3.04. The van der Waals surface area contributed by atoms with Gasteiger partial charge in [-0.3, -0.25) is 14.5 Å². The maximum atomic E-state index is 14.2. The molecule has 33 heavy (non-hydrogen) atoms. The minimum atomic E-state index is -1.15. The molecule has 0 N–H and O–H groups in total. The van der Waals surface area contributed by atoms with Crippen LogP contribution in [0.15, 0.2) is 72.8 Å². The van der Waals surface area contributed by atoms with Crippen molar-refractivity contribution < 1.29 is 14.0 Å². The third kappa shape index (κ3) is 3.53. The van der Waals surface area contributed by atoms with Crippen LogP contribution in [0.4, 0.5) is 15.8 Å². The Labute approximate surface area is 197 Å². The molecular formula is C27H25FN2O2S. The van der Waals surface area contributed by atoms with E-state index in [1.165, 1.54) is 29.5 Å². The third-order valence-corrected chi connectivity index (χ3v) is 7.76. The number of thioether (sulfide) groups is 1. The highest BCUT2D eigenvalue weighted by atomic mass is 32.2. The molecule has 0 bridgehead atoms. The second-order valence-electron chi connectivity index (χ2n) is 8.75. The van der Waals surface area contributed by atoms with Gasteiger partial charge in [-0.05, 0) is 47.4 Å². The first-order chi connectivity index (χ1) is 15.9. The number of fused-ring (bicyclic) bond motifs is 2. The molecule has 0 saturated carbocycles. The number of amides is 2. The largest absolute Gasteiger partial charge is 0.304 e. The summed E-state index contributed by atoms with van der Waals surface area (Å²) < 4.78 is 13.4. The van der Waals surface area contributed by atoms with Crippen LogP contribution in [-0.2, 0) is 21.0 Å². The van der Waals surface area contributed by atoms with E-state index in [0.29, 0.717) is 24.6 Å². The molecule has 3 aromatic rings. The van der Waals surface area contributed by atoms with E-state index in [-0.39, 0.29) is 17.6 Å². The van der Waals surface area contributed by atoms with E-state index >= 15 is 0 Å². The number of hydrogen-bond acceptors (Lipinski definition) is 3. The molecule has 1 saturated heterocycles. The molecule has 5 rings (SSSR count). The summed E-state index contributed by atoms with van der Waals surface area (Å²) in [5.41, 5.74) is 4.35. The number of hydrogen-bond donors (Lipinski definition) is 0. The van der Waals surface area contributed by atoms with Crippen LogP contribution in [0.25, 0.3) is 0 Å². The second-order valence-corrected chi connectivity index (χ2v) is 10.0. The monoisotopic (exact) mass is 460 g/mol. The van der Waals surface area contributed by atoms with Crippen molar-refractivity contribution in [3.8, 4) is 0 Å². The van der Waals surface area contributed by atoms with E-state index in [2.05, 4.69) is 13.8 Å². The standard InChI is InChI=1S/C27H25FN2O2S/c1-18(2)20-9-13-22(14-10-20)30-25(31)15-16-33-27(30)23-5-3-4-6-24(23)29(26(27)32)17-19-7-11-21(28)12-8-19/h3-14,18H,15-17H2,1-2H3/t27-/m1/s1. The van der Waals surface area contributed by atoms with Gasteiger partial charge in [0, 0.05) is 23.4 Å². The second kappa shape index (κ2) is 8.34. The zero-order valence-electron chi connectivity index (χ0n) is 18.6. The van der Waals surface area contributed by atoms with E-state index in [4.69, 9.17) is 0 Å². The first-order valence-electron chi connectivity index (χ1n) is 11.1. The Morgan fingerprint density at radius 1 is 0.970 bits per heavy atom. The van der Waals surface area contributed by atoms with Gasteiger partial charge in [0.15, 0.2) is 0 Å². The number of benzene rings is 3. The van der Waals surface area contributed by atoms with Crippen LogP contribution in [0.5, 0.6) is 0 Å². The van der Waals surface area contributed by atoms with Crippen molar-refractivity contribution in [2.45, 2.75) is 37.6 Å². The van der Waals surface area contributed by atoms with Crippen LogP contribution in [0.2, 0.25) is 0 Å². The summed E-state index contributed by atoms with van der Waals surface area (Å²) in [6.07, 6.45) is 0.381. The fourth-order valence-corrected chi connectivity index (χ4v) is 6.13. The van der Waals surface area contributed by atoms with E-state index in [9.17, 15) is 14.0 Å². The summed E-state index contributed by atoms with van der Waals surface area (Å²) in [5, 5.41) is 0. The molecular weight excluding hydrogens is 435 g/mol. The molecule has 4 nitrogen and oxygen atoms in total. The number of rotatable bonds is 4. The highest BCUT2D eigenvalue weighted by molar-refractivity contribution is 8.01. The van der Waals surface area contributed by atoms with Gasteiger partial charge in [0.2, 0.25) is 10.8 Å². The molecule has 2 aliphatic heterocycles. The lowest BCUT2D eigenvalue weighted by Crippen LogP contribution is -2.56. The van der Waals surface area contributed by atoms with Crippen molar-refractivity contribution in [3.05, 3.63) is 95.3 Å². The highest BCUT2D eigenvalue weighted by Gasteiger charge is 2.58. The smallest absolute Gasteiger partial charge is 0.269 e. The molecule has 3 aromatic carbocycles. The van der Waals surface area contributed by atoms with Gasteiger partial charge in [-0.15, -0.1) is 11.8 Å². The molecule has 0 radical (unpaired) electrons. The normalized spacial score (nSPS) is 20.1. The Bertz CT molecular complexity index is 1210. The maximum absolute atomic E-state index is 14.2. The number of nitrogens with zero attached hydrogens (tertiary/aromatic N) is 2. The number of para-hydroxylation sites is 1. The molecule has 1 fully saturated rings. The quantitative estimate of drug-likeness (QED) is 0.493. The molecule has 0 aromatic heterocycles. The van der Waals surface area contributed by atoms with Crippen molar-refractivity contribution in [1.82, 2.24) is 0 Å². The summed E-state index contributed by atoms with van der Waals surface area (Å²) in [6, 6.07) is 21.8. The molecule has 2 amide bonds. The summed E-state index contributed by atoms with van der Waals surface area (Å²) in [7, 11) is 0. The van der Waals surface area contributed by atoms with Gasteiger partial charge in [0.05, 0.1) is 12.2 Å². The lowest BCUT2D eigenvalue weighted by molar-refractivity contribution is -0.125. The molecule has 168 valence electrons. The van der Waals surface area contributed by atoms with E-state index in [1.54, 1.807) is 21.9 Å². The van der Waals surface area contributed by atoms with Gasteiger partial charge in [0.25, 0.3) is 5.91 Å². The van der Waals surface area contributed by atoms with Crippen molar-refractivity contribution in [2.24, 2.45) is 0 Å². The Kier molecular flexibility index (Phi) is 5.49. The molecule has 0 aliphatic carbocycles. The van der Waals surface area contributed by atoms with Gasteiger partial charge in [-0.2, -0.15) is 0 Å². The Balaban J connectivity index is 1.62. The summed E-state index contributed by atoms with van der Waals surface area (Å²) in [4.78, 5) is 29.8. The van der Waals surface area contributed by atoms with Crippen LogP contribution in [-0.4, -0.2) is 17.6 Å². The lowest BCUT2D eigenvalue weighted by atomic mass is 10.0. The molecule has 2 aliphatic rings. The predicted molar refractivity (Wildman–Crippen MR) is 131 cm³/mol. The van der Waals surface area contributed by atoms with E-state index in [0.717, 1.165) is 22.5 Å². The van der Waals surface area contributed by atoms with Gasteiger partial charge in [0.1, 0.15) is 5.82 Å². The van der Waals surface area contributed by atoms with Crippen LogP contribution in [0.3, 0.4) is 0 Å². The van der Waals surface area contributed by atoms with Gasteiger partial charge in [-0.25, -0.2) is 4.39 Å². The Morgan fingerprint density at radius 3 is 2.36 bits per heavy atom. The Hall–Kier alpha value is -3.12. The molecule has 2 heterocycles. The first-order valence-corrected chi connectivity index (χ1v) is 12.1. The van der Waals surface area contributed by atoms with Crippen molar-refractivity contribution >= 4 is 35.0 Å². The van der Waals surface area contributed by atoms with Crippen LogP contribution < -0.4 is 9.80 Å². The third-order valence-electron chi connectivity index (χ3n) is 6.36. The predicted octanol–water partition coefficient (Wildman–Crippen LogP) is 5.82. The van der Waals surface area contributed by atoms with Crippen molar-refractivity contribution in [2.75, 3.05) is 15.6 Å². The fourth-order valence-electron chi connectivity index (χ4n) is 4.66. The maximum Gasteiger partial charge on any atom is 0.269 e. The molecule has 0 unspecified atom stereocenters. The van der Waals surface area contributed by atoms with Gasteiger partial charge < -0.3 is 4.90 Å². The van der Waals surface area contributed by atoms with Crippen LogP contribution >= 0.6 is 11.8 Å². The zero-order valence-corrected chi connectivity index (χ0v) is 19.4. The number of carbonyl (C=O) groups is 2. The molecule has 1 spiro atoms. The lowest BCUT2D eigenvalue weighted by Gasteiger charge is -2.43. The Morgan fingerprint density at radius 2 is 1.67 bits per heavy atom. The van der Waals surface area contributed by atoms with Gasteiger partial charge in [-0.1, -0.05) is 56.3 Å². The highest BCUT2D eigenvalue weighted by Crippen LogP contribution is 2.54. The van der Waals surface area contributed by atoms with E-state index in [1.807, 2.05) is 48.5 Å². The number of anilines is 2. The minimum absolute atomic E-state index is 0.0576. The van der Waals surface area contributed by atoms with Gasteiger partial charge >= 0.3 is 0 Å².